The Balaban J connectivity index is 2.13. The fourth-order valence-electron chi connectivity index (χ4n) is 1.57. The smallest absolute Gasteiger partial charge is 0.0445 e. The molecule has 0 spiro atoms. The third-order valence-electron chi connectivity index (χ3n) is 2.26. The summed E-state index contributed by atoms with van der Waals surface area (Å²) in [5.74, 6) is 0. The van der Waals surface area contributed by atoms with E-state index in [0.717, 1.165) is 12.1 Å². The molecule has 0 saturated carbocycles. The van der Waals surface area contributed by atoms with Crippen LogP contribution in [0.2, 0.25) is 0 Å². The molecule has 0 atom stereocenters. The number of nitrogens with zero attached hydrogens (tertiary/aromatic N) is 1. The second kappa shape index (κ2) is 4.05. The number of hydrogen-bond acceptors (Lipinski definition) is 1. The van der Waals surface area contributed by atoms with Crippen molar-refractivity contribution in [1.29, 1.82) is 0 Å². The van der Waals surface area contributed by atoms with Crippen molar-refractivity contribution in [2.75, 3.05) is 0 Å². The van der Waals surface area contributed by atoms with Gasteiger partial charge in [0.05, 0.1) is 0 Å². The molecular formula is C13H13N. The van der Waals surface area contributed by atoms with E-state index >= 15 is 0 Å². The molecule has 1 aliphatic heterocycles. The van der Waals surface area contributed by atoms with Gasteiger partial charge in [-0.2, -0.15) is 0 Å². The zero-order chi connectivity index (χ0) is 9.80. The fraction of sp³-hybridized carbons (Fsp3) is 0.154. The Labute approximate surface area is 84.5 Å². The Morgan fingerprint density at radius 3 is 2.71 bits per heavy atom. The molecule has 0 amide bonds. The van der Waals surface area contributed by atoms with Gasteiger partial charge >= 0.3 is 0 Å². The molecule has 1 aliphatic rings. The van der Waals surface area contributed by atoms with Crippen LogP contribution in [-0.2, 0) is 0 Å². The maximum absolute atomic E-state index is 4.35. The predicted molar refractivity (Wildman–Crippen MR) is 61.3 cm³/mol. The largest absolute Gasteiger partial charge is 0.261 e. The molecule has 0 saturated heterocycles. The summed E-state index contributed by atoms with van der Waals surface area (Å²) in [5.41, 5.74) is 3.72. The number of benzene rings is 1. The van der Waals surface area contributed by atoms with Crippen molar-refractivity contribution in [2.24, 2.45) is 4.99 Å². The van der Waals surface area contributed by atoms with Crippen LogP contribution in [0.5, 0.6) is 0 Å². The van der Waals surface area contributed by atoms with E-state index in [4.69, 9.17) is 0 Å². The highest BCUT2D eigenvalue weighted by Gasteiger charge is 2.08. The highest BCUT2D eigenvalue weighted by Crippen LogP contribution is 2.23. The van der Waals surface area contributed by atoms with E-state index in [2.05, 4.69) is 35.3 Å². The van der Waals surface area contributed by atoms with Crippen LogP contribution in [0.3, 0.4) is 0 Å². The zero-order valence-corrected chi connectivity index (χ0v) is 8.27. The highest BCUT2D eigenvalue weighted by molar-refractivity contribution is 6.05. The van der Waals surface area contributed by atoms with Gasteiger partial charge in [0.1, 0.15) is 0 Å². The Bertz CT molecular complexity index is 397. The summed E-state index contributed by atoms with van der Waals surface area (Å²) in [6.07, 6.45) is 7.01. The first-order chi connectivity index (χ1) is 6.90. The first-order valence-corrected chi connectivity index (χ1v) is 4.84. The lowest BCUT2D eigenvalue weighted by molar-refractivity contribution is 1.50. The van der Waals surface area contributed by atoms with Gasteiger partial charge in [-0.15, -0.1) is 0 Å². The van der Waals surface area contributed by atoms with Crippen LogP contribution in [-0.4, -0.2) is 5.71 Å². The molecule has 0 aliphatic carbocycles. The standard InChI is InChI=1S/C13H13N/c1-2-6-13-9-12(10-14-13)11-7-4-3-5-8-11/h2-8,10H,9H2,1H3/b6-2+. The zero-order valence-electron chi connectivity index (χ0n) is 8.27. The lowest BCUT2D eigenvalue weighted by Gasteiger charge is -2.00. The van der Waals surface area contributed by atoms with E-state index in [1.165, 1.54) is 11.1 Å². The van der Waals surface area contributed by atoms with Crippen LogP contribution in [0, 0.1) is 0 Å². The molecule has 0 N–H and O–H groups in total. The third kappa shape index (κ3) is 1.82. The molecule has 1 heterocycles. The molecule has 1 aromatic carbocycles. The first kappa shape index (κ1) is 8.95. The van der Waals surface area contributed by atoms with Crippen molar-refractivity contribution in [1.82, 2.24) is 0 Å². The van der Waals surface area contributed by atoms with Gasteiger partial charge in [-0.25, -0.2) is 0 Å². The minimum Gasteiger partial charge on any atom is -0.261 e. The monoisotopic (exact) mass is 183 g/mol. The van der Waals surface area contributed by atoms with E-state index in [1.807, 2.05) is 25.3 Å². The van der Waals surface area contributed by atoms with Gasteiger partial charge in [-0.05, 0) is 24.1 Å². The first-order valence-electron chi connectivity index (χ1n) is 4.84. The number of allylic oxidation sites excluding steroid dienone is 3. The molecule has 0 aromatic heterocycles. The summed E-state index contributed by atoms with van der Waals surface area (Å²) in [4.78, 5) is 4.35. The van der Waals surface area contributed by atoms with Crippen molar-refractivity contribution in [2.45, 2.75) is 13.3 Å². The molecule has 70 valence electrons. The molecule has 2 rings (SSSR count). The van der Waals surface area contributed by atoms with E-state index in [0.29, 0.717) is 0 Å². The molecular weight excluding hydrogens is 170 g/mol. The summed E-state index contributed by atoms with van der Waals surface area (Å²) < 4.78 is 0. The number of hydrogen-bond donors (Lipinski definition) is 0. The SMILES string of the molecule is C/C=C/C1=NC=C(c2ccccc2)C1. The molecule has 0 bridgehead atoms. The van der Waals surface area contributed by atoms with Crippen molar-refractivity contribution >= 4 is 11.3 Å². The van der Waals surface area contributed by atoms with Crippen LogP contribution in [0.25, 0.3) is 5.57 Å². The molecule has 0 radical (unpaired) electrons. The minimum absolute atomic E-state index is 0.953. The number of rotatable bonds is 2. The molecule has 0 fully saturated rings. The van der Waals surface area contributed by atoms with Crippen molar-refractivity contribution in [3.05, 3.63) is 54.2 Å². The van der Waals surface area contributed by atoms with E-state index in [9.17, 15) is 0 Å². The topological polar surface area (TPSA) is 12.4 Å². The normalized spacial score (nSPS) is 15.8. The van der Waals surface area contributed by atoms with Gasteiger partial charge in [0.15, 0.2) is 0 Å². The Morgan fingerprint density at radius 1 is 1.21 bits per heavy atom. The van der Waals surface area contributed by atoms with Crippen LogP contribution in [0.4, 0.5) is 0 Å². The summed E-state index contributed by atoms with van der Waals surface area (Å²) in [7, 11) is 0. The van der Waals surface area contributed by atoms with Crippen molar-refractivity contribution in [3.8, 4) is 0 Å². The molecule has 14 heavy (non-hydrogen) atoms. The fourth-order valence-corrected chi connectivity index (χ4v) is 1.57. The van der Waals surface area contributed by atoms with Gasteiger partial charge in [-0.3, -0.25) is 4.99 Å². The Hall–Kier alpha value is -1.63. The van der Waals surface area contributed by atoms with E-state index in [1.54, 1.807) is 0 Å². The van der Waals surface area contributed by atoms with Gasteiger partial charge in [-0.1, -0.05) is 36.4 Å². The van der Waals surface area contributed by atoms with Crippen molar-refractivity contribution < 1.29 is 0 Å². The Morgan fingerprint density at radius 2 is 2.00 bits per heavy atom. The second-order valence-electron chi connectivity index (χ2n) is 3.32. The molecule has 1 aromatic rings. The highest BCUT2D eigenvalue weighted by atomic mass is 14.7. The van der Waals surface area contributed by atoms with Crippen LogP contribution in [0.15, 0.2) is 53.7 Å². The predicted octanol–water partition coefficient (Wildman–Crippen LogP) is 3.45. The maximum atomic E-state index is 4.35. The van der Waals surface area contributed by atoms with Crippen LogP contribution < -0.4 is 0 Å². The Kier molecular flexibility index (Phi) is 2.59. The summed E-state index contributed by atoms with van der Waals surface area (Å²) in [6, 6.07) is 10.4. The molecule has 1 heteroatoms. The number of aliphatic imine (C=N–C) groups is 1. The van der Waals surface area contributed by atoms with Crippen LogP contribution >= 0.6 is 0 Å². The lowest BCUT2D eigenvalue weighted by atomic mass is 10.0. The van der Waals surface area contributed by atoms with E-state index < -0.39 is 0 Å². The van der Waals surface area contributed by atoms with Gasteiger partial charge in [0.2, 0.25) is 0 Å². The van der Waals surface area contributed by atoms with E-state index in [-0.39, 0.29) is 0 Å². The van der Waals surface area contributed by atoms with Crippen molar-refractivity contribution in [3.63, 3.8) is 0 Å². The second-order valence-corrected chi connectivity index (χ2v) is 3.32. The summed E-state index contributed by atoms with van der Waals surface area (Å²) >= 11 is 0. The average Bonchev–Trinajstić information content (AvgIpc) is 2.68. The van der Waals surface area contributed by atoms with Crippen LogP contribution in [0.1, 0.15) is 18.9 Å². The quantitative estimate of drug-likeness (QED) is 0.666. The maximum Gasteiger partial charge on any atom is 0.0445 e. The summed E-state index contributed by atoms with van der Waals surface area (Å²) in [5, 5.41) is 0. The van der Waals surface area contributed by atoms with Gasteiger partial charge < -0.3 is 0 Å². The average molecular weight is 183 g/mol. The molecule has 1 nitrogen and oxygen atoms in total. The minimum atomic E-state index is 0.953. The van der Waals surface area contributed by atoms with Gasteiger partial charge in [0, 0.05) is 18.3 Å². The lowest BCUT2D eigenvalue weighted by Crippen LogP contribution is -1.89. The third-order valence-corrected chi connectivity index (χ3v) is 2.26. The summed E-state index contributed by atoms with van der Waals surface area (Å²) in [6.45, 7) is 2.02. The molecule has 0 unspecified atom stereocenters. The van der Waals surface area contributed by atoms with Gasteiger partial charge in [0.25, 0.3) is 0 Å².